The van der Waals surface area contributed by atoms with E-state index in [1.165, 1.54) is 12.7 Å². The molecule has 1 aromatic carbocycles. The number of fused-ring (bicyclic) bond motifs is 1. The first-order valence-corrected chi connectivity index (χ1v) is 7.40. The van der Waals surface area contributed by atoms with Gasteiger partial charge in [-0.05, 0) is 11.6 Å². The summed E-state index contributed by atoms with van der Waals surface area (Å²) in [4.78, 5) is 15.7. The molecule has 0 saturated carbocycles. The molecule has 104 valence electrons. The standard InChI is InChI=1S/C15H15NO3S/c1-18-14(17)7-6-11-9-20-15(16-11)13-8-10-4-2-3-5-12(10)19-13/h2-5,9,13H,6-8H2,1H3. The van der Waals surface area contributed by atoms with Gasteiger partial charge in [0.2, 0.25) is 0 Å². The van der Waals surface area contributed by atoms with Gasteiger partial charge >= 0.3 is 5.97 Å². The van der Waals surface area contributed by atoms with E-state index >= 15 is 0 Å². The summed E-state index contributed by atoms with van der Waals surface area (Å²) < 4.78 is 10.5. The fourth-order valence-electron chi connectivity index (χ4n) is 2.24. The molecule has 0 saturated heterocycles. The molecule has 1 atom stereocenters. The Kier molecular flexibility index (Phi) is 3.69. The van der Waals surface area contributed by atoms with Crippen molar-refractivity contribution in [2.75, 3.05) is 7.11 Å². The summed E-state index contributed by atoms with van der Waals surface area (Å²) in [5, 5.41) is 2.96. The van der Waals surface area contributed by atoms with Gasteiger partial charge in [-0.1, -0.05) is 18.2 Å². The number of methoxy groups -OCH3 is 1. The van der Waals surface area contributed by atoms with Gasteiger partial charge in [-0.3, -0.25) is 4.79 Å². The second kappa shape index (κ2) is 5.63. The average Bonchev–Trinajstić information content (AvgIpc) is 3.10. The molecule has 0 amide bonds. The molecule has 1 aromatic heterocycles. The van der Waals surface area contributed by atoms with Gasteiger partial charge in [-0.25, -0.2) is 4.98 Å². The van der Waals surface area contributed by atoms with E-state index in [2.05, 4.69) is 15.8 Å². The van der Waals surface area contributed by atoms with Gasteiger partial charge < -0.3 is 9.47 Å². The maximum Gasteiger partial charge on any atom is 0.305 e. The summed E-state index contributed by atoms with van der Waals surface area (Å²) in [6.07, 6.45) is 1.85. The average molecular weight is 289 g/mol. The topological polar surface area (TPSA) is 48.4 Å². The number of hydrogen-bond donors (Lipinski definition) is 0. The quantitative estimate of drug-likeness (QED) is 0.812. The Hall–Kier alpha value is -1.88. The van der Waals surface area contributed by atoms with Crippen LogP contribution in [-0.4, -0.2) is 18.1 Å². The van der Waals surface area contributed by atoms with E-state index in [1.54, 1.807) is 11.3 Å². The van der Waals surface area contributed by atoms with E-state index in [-0.39, 0.29) is 12.1 Å². The lowest BCUT2D eigenvalue weighted by molar-refractivity contribution is -0.140. The molecular weight excluding hydrogens is 274 g/mol. The lowest BCUT2D eigenvalue weighted by atomic mass is 10.1. The predicted molar refractivity (Wildman–Crippen MR) is 76.0 cm³/mol. The Morgan fingerprint density at radius 1 is 1.50 bits per heavy atom. The van der Waals surface area contributed by atoms with Gasteiger partial charge in [0.15, 0.2) is 6.10 Å². The Morgan fingerprint density at radius 3 is 3.15 bits per heavy atom. The number of hydrogen-bond acceptors (Lipinski definition) is 5. The number of aryl methyl sites for hydroxylation is 1. The molecule has 3 rings (SSSR count). The van der Waals surface area contributed by atoms with Crippen LogP contribution in [0.2, 0.25) is 0 Å². The minimum absolute atomic E-state index is 0.00396. The lowest BCUT2D eigenvalue weighted by Crippen LogP contribution is -2.04. The maximum absolute atomic E-state index is 11.1. The number of thiazole rings is 1. The summed E-state index contributed by atoms with van der Waals surface area (Å²) in [7, 11) is 1.40. The van der Waals surface area contributed by atoms with Crippen molar-refractivity contribution < 1.29 is 14.3 Å². The number of aromatic nitrogens is 1. The number of para-hydroxylation sites is 1. The molecule has 0 bridgehead atoms. The molecule has 2 heterocycles. The van der Waals surface area contributed by atoms with Gasteiger partial charge in [-0.15, -0.1) is 11.3 Å². The van der Waals surface area contributed by atoms with Crippen LogP contribution in [0.4, 0.5) is 0 Å². The number of carbonyl (C=O) groups is 1. The van der Waals surface area contributed by atoms with E-state index in [9.17, 15) is 4.79 Å². The molecule has 0 aliphatic carbocycles. The first kappa shape index (κ1) is 13.1. The van der Waals surface area contributed by atoms with Crippen LogP contribution in [0.15, 0.2) is 29.6 Å². The first-order chi connectivity index (χ1) is 9.76. The van der Waals surface area contributed by atoms with Crippen molar-refractivity contribution in [2.45, 2.75) is 25.4 Å². The Balaban J connectivity index is 1.65. The van der Waals surface area contributed by atoms with Crippen molar-refractivity contribution in [2.24, 2.45) is 0 Å². The van der Waals surface area contributed by atoms with Crippen molar-refractivity contribution in [1.82, 2.24) is 4.98 Å². The summed E-state index contributed by atoms with van der Waals surface area (Å²) in [5.74, 6) is 0.743. The minimum atomic E-state index is -0.205. The summed E-state index contributed by atoms with van der Waals surface area (Å²) in [5.41, 5.74) is 2.15. The molecule has 0 N–H and O–H groups in total. The van der Waals surface area contributed by atoms with Crippen molar-refractivity contribution in [3.8, 4) is 5.75 Å². The summed E-state index contributed by atoms with van der Waals surface area (Å²) >= 11 is 1.59. The van der Waals surface area contributed by atoms with Crippen molar-refractivity contribution >= 4 is 17.3 Å². The number of carbonyl (C=O) groups excluding carboxylic acids is 1. The number of rotatable bonds is 4. The third kappa shape index (κ3) is 2.67. The van der Waals surface area contributed by atoms with Gasteiger partial charge in [0.25, 0.3) is 0 Å². The summed E-state index contributed by atoms with van der Waals surface area (Å²) in [6, 6.07) is 8.07. The molecule has 1 aliphatic heterocycles. The van der Waals surface area contributed by atoms with E-state index in [4.69, 9.17) is 4.74 Å². The number of nitrogens with zero attached hydrogens (tertiary/aromatic N) is 1. The second-order valence-corrected chi connectivity index (χ2v) is 5.56. The van der Waals surface area contributed by atoms with Crippen molar-refractivity contribution in [3.05, 3.63) is 45.9 Å². The zero-order valence-electron chi connectivity index (χ0n) is 11.2. The van der Waals surface area contributed by atoms with Gasteiger partial charge in [-0.2, -0.15) is 0 Å². The highest BCUT2D eigenvalue weighted by Crippen LogP contribution is 2.37. The molecule has 0 spiro atoms. The van der Waals surface area contributed by atoms with Crippen molar-refractivity contribution in [1.29, 1.82) is 0 Å². The zero-order valence-corrected chi connectivity index (χ0v) is 12.0. The predicted octanol–water partition coefficient (Wildman–Crippen LogP) is 2.92. The fourth-order valence-corrected chi connectivity index (χ4v) is 3.12. The largest absolute Gasteiger partial charge is 0.483 e. The SMILES string of the molecule is COC(=O)CCc1csc(C2Cc3ccccc3O2)n1. The van der Waals surface area contributed by atoms with E-state index in [0.29, 0.717) is 12.8 Å². The van der Waals surface area contributed by atoms with Crippen molar-refractivity contribution in [3.63, 3.8) is 0 Å². The molecule has 1 aliphatic rings. The third-order valence-electron chi connectivity index (χ3n) is 3.31. The molecule has 5 heteroatoms. The van der Waals surface area contributed by atoms with Gasteiger partial charge in [0.05, 0.1) is 19.2 Å². The highest BCUT2D eigenvalue weighted by atomic mass is 32.1. The number of esters is 1. The van der Waals surface area contributed by atoms with Crippen LogP contribution in [0.1, 0.15) is 28.8 Å². The number of benzene rings is 1. The van der Waals surface area contributed by atoms with Gasteiger partial charge in [0.1, 0.15) is 10.8 Å². The molecule has 0 radical (unpaired) electrons. The van der Waals surface area contributed by atoms with Crippen LogP contribution in [0, 0.1) is 0 Å². The molecule has 1 unspecified atom stereocenters. The molecular formula is C15H15NO3S. The molecule has 20 heavy (non-hydrogen) atoms. The lowest BCUT2D eigenvalue weighted by Gasteiger charge is -2.06. The smallest absolute Gasteiger partial charge is 0.305 e. The van der Waals surface area contributed by atoms with Crippen LogP contribution >= 0.6 is 11.3 Å². The first-order valence-electron chi connectivity index (χ1n) is 6.52. The monoisotopic (exact) mass is 289 g/mol. The minimum Gasteiger partial charge on any atom is -0.483 e. The second-order valence-electron chi connectivity index (χ2n) is 4.67. The van der Waals surface area contributed by atoms with Crippen LogP contribution in [0.3, 0.4) is 0 Å². The summed E-state index contributed by atoms with van der Waals surface area (Å²) in [6.45, 7) is 0. The van der Waals surface area contributed by atoms with Crippen LogP contribution < -0.4 is 4.74 Å². The highest BCUT2D eigenvalue weighted by molar-refractivity contribution is 7.09. The van der Waals surface area contributed by atoms with E-state index in [1.807, 2.05) is 23.6 Å². The normalized spacial score (nSPS) is 16.6. The maximum atomic E-state index is 11.1. The fraction of sp³-hybridized carbons (Fsp3) is 0.333. The highest BCUT2D eigenvalue weighted by Gasteiger charge is 2.26. The van der Waals surface area contributed by atoms with E-state index in [0.717, 1.165) is 22.9 Å². The Labute approximate surface area is 121 Å². The van der Waals surface area contributed by atoms with E-state index < -0.39 is 0 Å². The zero-order chi connectivity index (χ0) is 13.9. The van der Waals surface area contributed by atoms with Crippen LogP contribution in [0.25, 0.3) is 0 Å². The van der Waals surface area contributed by atoms with Crippen LogP contribution in [-0.2, 0) is 22.4 Å². The Bertz CT molecular complexity index is 598. The molecule has 4 nitrogen and oxygen atoms in total. The number of ether oxygens (including phenoxy) is 2. The molecule has 0 fully saturated rings. The van der Waals surface area contributed by atoms with Gasteiger partial charge in [0, 0.05) is 18.2 Å². The van der Waals surface area contributed by atoms with Crippen LogP contribution in [0.5, 0.6) is 5.75 Å². The third-order valence-corrected chi connectivity index (χ3v) is 4.29. The Morgan fingerprint density at radius 2 is 2.35 bits per heavy atom. The molecule has 2 aromatic rings.